The number of carbonyl (C=O) groups excluding carboxylic acids is 1. The van der Waals surface area contributed by atoms with Crippen LogP contribution in [0.1, 0.15) is 53.9 Å². The van der Waals surface area contributed by atoms with Crippen LogP contribution in [0.25, 0.3) is 0 Å². The molecule has 22 heavy (non-hydrogen) atoms. The van der Waals surface area contributed by atoms with E-state index >= 15 is 0 Å². The van der Waals surface area contributed by atoms with Crippen LogP contribution in [0.15, 0.2) is 58.7 Å². The van der Waals surface area contributed by atoms with Gasteiger partial charge in [0.2, 0.25) is 0 Å². The molecule has 0 aromatic carbocycles. The molecule has 2 heteroatoms. The molecule has 0 saturated heterocycles. The first-order chi connectivity index (χ1) is 10.2. The Morgan fingerprint density at radius 3 is 2.45 bits per heavy atom. The van der Waals surface area contributed by atoms with Gasteiger partial charge in [0.25, 0.3) is 0 Å². The van der Waals surface area contributed by atoms with Gasteiger partial charge in [-0.15, -0.1) is 0 Å². The lowest BCUT2D eigenvalue weighted by Gasteiger charge is -2.32. The van der Waals surface area contributed by atoms with Gasteiger partial charge < -0.3 is 0 Å². The van der Waals surface area contributed by atoms with E-state index in [0.29, 0.717) is 5.57 Å². The van der Waals surface area contributed by atoms with E-state index in [4.69, 9.17) is 0 Å². The maximum atomic E-state index is 12.2. The molecular formula is C20H27FO. The Morgan fingerprint density at radius 2 is 1.86 bits per heavy atom. The fourth-order valence-electron chi connectivity index (χ4n) is 2.86. The topological polar surface area (TPSA) is 17.1 Å². The van der Waals surface area contributed by atoms with Crippen LogP contribution in [-0.4, -0.2) is 6.04 Å². The van der Waals surface area contributed by atoms with Gasteiger partial charge in [0.05, 0.1) is 0 Å². The highest BCUT2D eigenvalue weighted by molar-refractivity contribution is 5.82. The van der Waals surface area contributed by atoms with Gasteiger partial charge in [0.1, 0.15) is 0 Å². The third-order valence-corrected chi connectivity index (χ3v) is 4.11. The molecule has 0 bridgehead atoms. The molecule has 0 fully saturated rings. The molecule has 1 nitrogen and oxygen atoms in total. The van der Waals surface area contributed by atoms with Crippen LogP contribution >= 0.6 is 0 Å². The van der Waals surface area contributed by atoms with E-state index in [2.05, 4.69) is 32.9 Å². The van der Waals surface area contributed by atoms with Crippen LogP contribution in [0, 0.1) is 5.41 Å². The van der Waals surface area contributed by atoms with E-state index in [1.165, 1.54) is 30.4 Å². The highest BCUT2D eigenvalue weighted by Gasteiger charge is 2.26. The standard InChI is InChI=1S/C20H27FO/c1-15(8-6-9-16(2)14-19(21)22)11-12-18-17(3)10-7-13-20(18,4)5/h6,8-9,11-12,14H,7,10,13H2,1-5H3/b9-6+,12-11+,15-8+,16-14-. The molecule has 0 N–H and O–H groups in total. The van der Waals surface area contributed by atoms with Crippen LogP contribution in [0.4, 0.5) is 4.39 Å². The summed E-state index contributed by atoms with van der Waals surface area (Å²) in [6.45, 7) is 10.6. The molecule has 0 heterocycles. The summed E-state index contributed by atoms with van der Waals surface area (Å²) >= 11 is 0. The number of allylic oxidation sites excluding steroid dienone is 10. The Kier molecular flexibility index (Phi) is 6.73. The van der Waals surface area contributed by atoms with Crippen molar-refractivity contribution in [1.82, 2.24) is 0 Å². The summed E-state index contributed by atoms with van der Waals surface area (Å²) in [6.07, 6.45) is 14.5. The highest BCUT2D eigenvalue weighted by atomic mass is 19.1. The summed E-state index contributed by atoms with van der Waals surface area (Å²) < 4.78 is 12.2. The Hall–Kier alpha value is -1.70. The SMILES string of the molecule is CC1=C(/C=C/C(C)=C/C=C/C(C)=C\C(=O)F)C(C)(C)CCC1. The van der Waals surface area contributed by atoms with Gasteiger partial charge >= 0.3 is 6.04 Å². The van der Waals surface area contributed by atoms with E-state index in [9.17, 15) is 9.18 Å². The summed E-state index contributed by atoms with van der Waals surface area (Å²) in [5.41, 5.74) is 4.89. The van der Waals surface area contributed by atoms with Crippen molar-refractivity contribution in [1.29, 1.82) is 0 Å². The second kappa shape index (κ2) is 8.07. The minimum absolute atomic E-state index is 0.246. The van der Waals surface area contributed by atoms with Crippen molar-refractivity contribution < 1.29 is 9.18 Å². The number of hydrogen-bond donors (Lipinski definition) is 0. The maximum absolute atomic E-state index is 12.2. The molecule has 0 spiro atoms. The van der Waals surface area contributed by atoms with Gasteiger partial charge in [0, 0.05) is 6.08 Å². The van der Waals surface area contributed by atoms with Gasteiger partial charge in [-0.05, 0) is 56.6 Å². The minimum atomic E-state index is -1.41. The van der Waals surface area contributed by atoms with Gasteiger partial charge in [-0.25, -0.2) is 0 Å². The van der Waals surface area contributed by atoms with Gasteiger partial charge in [-0.2, -0.15) is 4.39 Å². The molecule has 0 atom stereocenters. The first-order valence-electron chi connectivity index (χ1n) is 7.83. The largest absolute Gasteiger partial charge is 0.325 e. The number of halogens is 1. The Balaban J connectivity index is 2.79. The monoisotopic (exact) mass is 302 g/mol. The molecule has 0 aromatic rings. The predicted octanol–water partition coefficient (Wildman–Crippen LogP) is 6.01. The fourth-order valence-corrected chi connectivity index (χ4v) is 2.86. The molecule has 1 aliphatic carbocycles. The number of hydrogen-bond acceptors (Lipinski definition) is 1. The lowest BCUT2D eigenvalue weighted by atomic mass is 9.72. The first kappa shape index (κ1) is 18.3. The molecule has 0 aliphatic heterocycles. The summed E-state index contributed by atoms with van der Waals surface area (Å²) in [4.78, 5) is 10.3. The molecule has 0 unspecified atom stereocenters. The molecule has 120 valence electrons. The van der Waals surface area contributed by atoms with E-state index < -0.39 is 6.04 Å². The Morgan fingerprint density at radius 1 is 1.18 bits per heavy atom. The zero-order valence-corrected chi connectivity index (χ0v) is 14.4. The molecule has 0 amide bonds. The molecule has 1 aliphatic rings. The summed E-state index contributed by atoms with van der Waals surface area (Å²) in [6, 6.07) is -1.41. The highest BCUT2D eigenvalue weighted by Crippen LogP contribution is 2.40. The van der Waals surface area contributed by atoms with E-state index in [0.717, 1.165) is 11.6 Å². The van der Waals surface area contributed by atoms with E-state index in [1.54, 1.807) is 13.0 Å². The first-order valence-corrected chi connectivity index (χ1v) is 7.83. The van der Waals surface area contributed by atoms with Crippen LogP contribution in [0.3, 0.4) is 0 Å². The average molecular weight is 302 g/mol. The van der Waals surface area contributed by atoms with Crippen molar-refractivity contribution in [2.45, 2.75) is 53.9 Å². The summed E-state index contributed by atoms with van der Waals surface area (Å²) in [5.74, 6) is 0. The zero-order valence-electron chi connectivity index (χ0n) is 14.4. The summed E-state index contributed by atoms with van der Waals surface area (Å²) in [5, 5.41) is 0. The average Bonchev–Trinajstić information content (AvgIpc) is 2.36. The lowest BCUT2D eigenvalue weighted by molar-refractivity contribution is -0.124. The van der Waals surface area contributed by atoms with Crippen LogP contribution in [0.2, 0.25) is 0 Å². The zero-order chi connectivity index (χ0) is 16.8. The second-order valence-electron chi connectivity index (χ2n) is 6.73. The van der Waals surface area contributed by atoms with Crippen molar-refractivity contribution >= 4 is 6.04 Å². The van der Waals surface area contributed by atoms with Crippen LogP contribution < -0.4 is 0 Å². The summed E-state index contributed by atoms with van der Waals surface area (Å²) in [7, 11) is 0. The van der Waals surface area contributed by atoms with Crippen LogP contribution in [-0.2, 0) is 4.79 Å². The van der Waals surface area contributed by atoms with Crippen LogP contribution in [0.5, 0.6) is 0 Å². The second-order valence-corrected chi connectivity index (χ2v) is 6.73. The van der Waals surface area contributed by atoms with Gasteiger partial charge in [0.15, 0.2) is 0 Å². The third kappa shape index (κ3) is 5.97. The Bertz CT molecular complexity index is 569. The molecule has 1 rings (SSSR count). The van der Waals surface area contributed by atoms with E-state index in [-0.39, 0.29) is 5.41 Å². The third-order valence-electron chi connectivity index (χ3n) is 4.11. The molecule has 0 radical (unpaired) electrons. The van der Waals surface area contributed by atoms with Crippen molar-refractivity contribution in [2.75, 3.05) is 0 Å². The van der Waals surface area contributed by atoms with Gasteiger partial charge in [-0.1, -0.05) is 55.4 Å². The Labute approximate surface area is 134 Å². The normalized spacial score (nSPS) is 20.3. The van der Waals surface area contributed by atoms with Crippen molar-refractivity contribution in [3.8, 4) is 0 Å². The lowest BCUT2D eigenvalue weighted by Crippen LogP contribution is -2.19. The predicted molar refractivity (Wildman–Crippen MR) is 92.2 cm³/mol. The molecule has 0 saturated carbocycles. The van der Waals surface area contributed by atoms with Crippen molar-refractivity contribution in [3.05, 3.63) is 58.7 Å². The van der Waals surface area contributed by atoms with Crippen molar-refractivity contribution in [2.24, 2.45) is 5.41 Å². The quantitative estimate of drug-likeness (QED) is 0.345. The molecular weight excluding hydrogens is 275 g/mol. The minimum Gasteiger partial charge on any atom is -0.256 e. The maximum Gasteiger partial charge on any atom is 0.325 e. The smallest absolute Gasteiger partial charge is 0.256 e. The molecule has 0 aromatic heterocycles. The number of rotatable bonds is 5. The fraction of sp³-hybridized carbons (Fsp3) is 0.450. The number of carbonyl (C=O) groups is 1. The van der Waals surface area contributed by atoms with E-state index in [1.807, 2.05) is 19.1 Å². The van der Waals surface area contributed by atoms with Gasteiger partial charge in [-0.3, -0.25) is 4.79 Å². The van der Waals surface area contributed by atoms with Crippen molar-refractivity contribution in [3.63, 3.8) is 0 Å².